The normalized spacial score (nSPS) is 22.7. The van der Waals surface area contributed by atoms with Gasteiger partial charge in [0.2, 0.25) is 5.91 Å². The molecule has 0 saturated carbocycles. The molecule has 0 aromatic heterocycles. The van der Waals surface area contributed by atoms with E-state index in [4.69, 9.17) is 0 Å². The largest absolute Gasteiger partial charge is 0.340 e. The minimum Gasteiger partial charge on any atom is -0.340 e. The lowest BCUT2D eigenvalue weighted by molar-refractivity contribution is -0.137. The summed E-state index contributed by atoms with van der Waals surface area (Å²) in [6.45, 7) is 14.6. The van der Waals surface area contributed by atoms with Crippen molar-refractivity contribution in [3.8, 4) is 0 Å². The number of rotatable bonds is 5. The van der Waals surface area contributed by atoms with Gasteiger partial charge in [-0.2, -0.15) is 0 Å². The van der Waals surface area contributed by atoms with Gasteiger partial charge in [-0.25, -0.2) is 0 Å². The minimum absolute atomic E-state index is 0.224. The third kappa shape index (κ3) is 4.83. The molecule has 3 rings (SSSR count). The second-order valence-electron chi connectivity index (χ2n) is 8.17. The molecule has 0 spiro atoms. The fraction of sp³-hybridized carbons (Fsp3) is 0.667. The predicted molar refractivity (Wildman–Crippen MR) is 102 cm³/mol. The van der Waals surface area contributed by atoms with Gasteiger partial charge < -0.3 is 9.80 Å². The van der Waals surface area contributed by atoms with Gasteiger partial charge in [0.25, 0.3) is 0 Å². The van der Waals surface area contributed by atoms with Crippen LogP contribution < -0.4 is 0 Å². The molecular formula is C21H33N3O. The van der Waals surface area contributed by atoms with Crippen LogP contribution in [0.4, 0.5) is 0 Å². The third-order valence-corrected chi connectivity index (χ3v) is 5.58. The Kier molecular flexibility index (Phi) is 6.13. The molecule has 4 nitrogen and oxygen atoms in total. The number of hydrogen-bond donors (Lipinski definition) is 0. The predicted octanol–water partition coefficient (Wildman–Crippen LogP) is 2.62. The Morgan fingerprint density at radius 1 is 1.08 bits per heavy atom. The summed E-state index contributed by atoms with van der Waals surface area (Å²) in [6, 6.07) is 8.61. The fourth-order valence-corrected chi connectivity index (χ4v) is 4.13. The molecule has 0 bridgehead atoms. The van der Waals surface area contributed by atoms with Crippen LogP contribution in [0.25, 0.3) is 0 Å². The Bertz CT molecular complexity index is 578. The zero-order valence-electron chi connectivity index (χ0n) is 16.1. The van der Waals surface area contributed by atoms with Crippen molar-refractivity contribution in [3.05, 3.63) is 35.4 Å². The van der Waals surface area contributed by atoms with Gasteiger partial charge in [0.05, 0.1) is 5.92 Å². The standard InChI is InChI=1S/C21H33N3O/c1-17(2)14-23-9-8-20(16-23)21(25)24-12-10-22(11-13-24)15-19-7-5-4-6-18(19)3/h4-7,17,20H,8-16H2,1-3H3/t20-/m1/s1. The van der Waals surface area contributed by atoms with Gasteiger partial charge in [0.15, 0.2) is 0 Å². The van der Waals surface area contributed by atoms with Crippen molar-refractivity contribution < 1.29 is 4.79 Å². The molecule has 2 heterocycles. The maximum absolute atomic E-state index is 12.8. The van der Waals surface area contributed by atoms with E-state index in [1.165, 1.54) is 11.1 Å². The zero-order chi connectivity index (χ0) is 17.8. The third-order valence-electron chi connectivity index (χ3n) is 5.58. The van der Waals surface area contributed by atoms with Crippen LogP contribution in [0.3, 0.4) is 0 Å². The first-order valence-corrected chi connectivity index (χ1v) is 9.81. The van der Waals surface area contributed by atoms with E-state index in [0.29, 0.717) is 11.8 Å². The number of hydrogen-bond acceptors (Lipinski definition) is 3. The molecule has 0 unspecified atom stereocenters. The van der Waals surface area contributed by atoms with Crippen molar-refractivity contribution in [2.24, 2.45) is 11.8 Å². The molecule has 0 N–H and O–H groups in total. The van der Waals surface area contributed by atoms with Gasteiger partial charge in [-0.05, 0) is 36.9 Å². The summed E-state index contributed by atoms with van der Waals surface area (Å²) in [5, 5.41) is 0. The fourth-order valence-electron chi connectivity index (χ4n) is 4.13. The van der Waals surface area contributed by atoms with E-state index in [1.54, 1.807) is 0 Å². The summed E-state index contributed by atoms with van der Waals surface area (Å²) in [6.07, 6.45) is 1.04. The summed E-state index contributed by atoms with van der Waals surface area (Å²) in [5.41, 5.74) is 2.76. The molecule has 0 aliphatic carbocycles. The molecule has 1 aromatic rings. The van der Waals surface area contributed by atoms with Crippen LogP contribution in [-0.4, -0.2) is 66.4 Å². The molecule has 1 aromatic carbocycles. The van der Waals surface area contributed by atoms with Crippen LogP contribution in [0.2, 0.25) is 0 Å². The summed E-state index contributed by atoms with van der Waals surface area (Å²) in [4.78, 5) is 19.9. The van der Waals surface area contributed by atoms with Crippen LogP contribution in [0.1, 0.15) is 31.4 Å². The Balaban J connectivity index is 1.46. The lowest BCUT2D eigenvalue weighted by Gasteiger charge is -2.36. The lowest BCUT2D eigenvalue weighted by atomic mass is 10.1. The molecule has 0 radical (unpaired) electrons. The van der Waals surface area contributed by atoms with Crippen molar-refractivity contribution in [1.29, 1.82) is 0 Å². The highest BCUT2D eigenvalue weighted by Gasteiger charge is 2.32. The average Bonchev–Trinajstić information content (AvgIpc) is 3.05. The van der Waals surface area contributed by atoms with E-state index in [0.717, 1.165) is 58.8 Å². The smallest absolute Gasteiger partial charge is 0.227 e. The van der Waals surface area contributed by atoms with Gasteiger partial charge >= 0.3 is 0 Å². The van der Waals surface area contributed by atoms with E-state index in [2.05, 4.69) is 59.7 Å². The molecule has 2 fully saturated rings. The first kappa shape index (κ1) is 18.4. The number of piperazine rings is 1. The molecule has 25 heavy (non-hydrogen) atoms. The van der Waals surface area contributed by atoms with Crippen LogP contribution in [0.15, 0.2) is 24.3 Å². The topological polar surface area (TPSA) is 26.8 Å². The molecule has 2 aliphatic heterocycles. The van der Waals surface area contributed by atoms with Crippen LogP contribution in [0, 0.1) is 18.8 Å². The molecular weight excluding hydrogens is 310 g/mol. The van der Waals surface area contributed by atoms with Gasteiger partial charge in [-0.15, -0.1) is 0 Å². The molecule has 2 saturated heterocycles. The number of nitrogens with zero attached hydrogens (tertiary/aromatic N) is 3. The van der Waals surface area contributed by atoms with E-state index in [1.807, 2.05) is 0 Å². The van der Waals surface area contributed by atoms with Crippen molar-refractivity contribution in [1.82, 2.24) is 14.7 Å². The van der Waals surface area contributed by atoms with Crippen molar-refractivity contribution in [2.75, 3.05) is 45.8 Å². The highest BCUT2D eigenvalue weighted by Crippen LogP contribution is 2.21. The van der Waals surface area contributed by atoms with Gasteiger partial charge in [-0.3, -0.25) is 9.69 Å². The molecule has 138 valence electrons. The summed E-state index contributed by atoms with van der Waals surface area (Å²) in [7, 11) is 0. The Labute approximate surface area is 152 Å². The highest BCUT2D eigenvalue weighted by molar-refractivity contribution is 5.79. The van der Waals surface area contributed by atoms with E-state index < -0.39 is 0 Å². The van der Waals surface area contributed by atoms with Gasteiger partial charge in [-0.1, -0.05) is 38.1 Å². The van der Waals surface area contributed by atoms with Gasteiger partial charge in [0.1, 0.15) is 0 Å². The van der Waals surface area contributed by atoms with Crippen LogP contribution in [0.5, 0.6) is 0 Å². The molecule has 1 atom stereocenters. The number of benzene rings is 1. The number of aryl methyl sites for hydroxylation is 1. The first-order chi connectivity index (χ1) is 12.0. The van der Waals surface area contributed by atoms with Crippen LogP contribution >= 0.6 is 0 Å². The van der Waals surface area contributed by atoms with E-state index in [-0.39, 0.29) is 5.92 Å². The quantitative estimate of drug-likeness (QED) is 0.822. The van der Waals surface area contributed by atoms with Crippen LogP contribution in [-0.2, 0) is 11.3 Å². The summed E-state index contributed by atoms with van der Waals surface area (Å²) < 4.78 is 0. The maximum atomic E-state index is 12.8. The number of amides is 1. The Morgan fingerprint density at radius 2 is 1.80 bits per heavy atom. The SMILES string of the molecule is Cc1ccccc1CN1CCN(C(=O)[C@@H]2CCN(CC(C)C)C2)CC1. The van der Waals surface area contributed by atoms with Gasteiger partial charge in [0, 0.05) is 45.8 Å². The maximum Gasteiger partial charge on any atom is 0.227 e. The van der Waals surface area contributed by atoms with Crippen molar-refractivity contribution >= 4 is 5.91 Å². The zero-order valence-corrected chi connectivity index (χ0v) is 16.1. The first-order valence-electron chi connectivity index (χ1n) is 9.81. The van der Waals surface area contributed by atoms with E-state index >= 15 is 0 Å². The minimum atomic E-state index is 0.224. The number of likely N-dealkylation sites (tertiary alicyclic amines) is 1. The van der Waals surface area contributed by atoms with Crippen molar-refractivity contribution in [2.45, 2.75) is 33.7 Å². The average molecular weight is 344 g/mol. The number of carbonyl (C=O) groups excluding carboxylic acids is 1. The molecule has 2 aliphatic rings. The monoisotopic (exact) mass is 343 g/mol. The second-order valence-corrected chi connectivity index (χ2v) is 8.17. The number of carbonyl (C=O) groups is 1. The lowest BCUT2D eigenvalue weighted by Crippen LogP contribution is -2.50. The van der Waals surface area contributed by atoms with Crippen molar-refractivity contribution in [3.63, 3.8) is 0 Å². The highest BCUT2D eigenvalue weighted by atomic mass is 16.2. The second kappa shape index (κ2) is 8.33. The van der Waals surface area contributed by atoms with E-state index in [9.17, 15) is 4.79 Å². The Morgan fingerprint density at radius 3 is 2.48 bits per heavy atom. The summed E-state index contributed by atoms with van der Waals surface area (Å²) in [5.74, 6) is 1.29. The summed E-state index contributed by atoms with van der Waals surface area (Å²) >= 11 is 0. The molecule has 1 amide bonds. The Hall–Kier alpha value is -1.39. The molecule has 4 heteroatoms.